The smallest absolute Gasteiger partial charge is 0.223 e. The van der Waals surface area contributed by atoms with Gasteiger partial charge in [-0.15, -0.1) is 0 Å². The highest BCUT2D eigenvalue weighted by Crippen LogP contribution is 2.69. The highest BCUT2D eigenvalue weighted by Gasteiger charge is 2.67. The molecule has 0 aromatic heterocycles. The average Bonchev–Trinajstić information content (AvgIpc) is 2.87. The summed E-state index contributed by atoms with van der Waals surface area (Å²) >= 11 is 0. The van der Waals surface area contributed by atoms with Gasteiger partial charge < -0.3 is 10.6 Å². The Balaban J connectivity index is 1.21. The summed E-state index contributed by atoms with van der Waals surface area (Å²) in [4.78, 5) is 12.6. The van der Waals surface area contributed by atoms with Gasteiger partial charge in [0.15, 0.2) is 0 Å². The lowest BCUT2D eigenvalue weighted by molar-refractivity contribution is -0.124. The third-order valence-corrected chi connectivity index (χ3v) is 7.33. The Hall–Kier alpha value is -0.570. The van der Waals surface area contributed by atoms with Crippen LogP contribution in [0.2, 0.25) is 0 Å². The number of hydrogen-bond donors (Lipinski definition) is 2. The number of amides is 1. The van der Waals surface area contributed by atoms with Crippen molar-refractivity contribution in [3.8, 4) is 0 Å². The zero-order valence-electron chi connectivity index (χ0n) is 12.2. The Bertz CT molecular complexity index is 428. The first-order valence-corrected chi connectivity index (χ1v) is 8.81. The Kier molecular flexibility index (Phi) is 2.40. The Morgan fingerprint density at radius 2 is 1.85 bits per heavy atom. The summed E-state index contributed by atoms with van der Waals surface area (Å²) in [5.41, 5.74) is 0.397. The molecular weight excluding hydrogens is 248 g/mol. The molecule has 5 rings (SSSR count). The van der Waals surface area contributed by atoms with Gasteiger partial charge >= 0.3 is 0 Å². The van der Waals surface area contributed by atoms with Crippen LogP contribution < -0.4 is 10.6 Å². The van der Waals surface area contributed by atoms with Crippen molar-refractivity contribution < 1.29 is 4.79 Å². The van der Waals surface area contributed by atoms with Crippen LogP contribution in [0.4, 0.5) is 0 Å². The molecular formula is C17H26N2O. The van der Waals surface area contributed by atoms with E-state index in [1.54, 1.807) is 0 Å². The summed E-state index contributed by atoms with van der Waals surface area (Å²) in [6, 6.07) is 0.447. The summed E-state index contributed by atoms with van der Waals surface area (Å²) in [5, 5.41) is 7.12. The lowest BCUT2D eigenvalue weighted by Crippen LogP contribution is -2.59. The minimum absolute atomic E-state index is 0.397. The fourth-order valence-corrected chi connectivity index (χ4v) is 6.24. The van der Waals surface area contributed by atoms with E-state index in [0.717, 1.165) is 36.6 Å². The second-order valence-corrected chi connectivity index (χ2v) is 8.27. The van der Waals surface area contributed by atoms with E-state index in [1.807, 2.05) is 0 Å². The molecule has 5 unspecified atom stereocenters. The largest absolute Gasteiger partial charge is 0.353 e. The van der Waals surface area contributed by atoms with E-state index in [9.17, 15) is 4.79 Å². The molecule has 5 fully saturated rings. The van der Waals surface area contributed by atoms with E-state index in [0.29, 0.717) is 23.4 Å². The van der Waals surface area contributed by atoms with Crippen LogP contribution in [0.5, 0.6) is 0 Å². The molecule has 0 aromatic carbocycles. The van der Waals surface area contributed by atoms with Crippen LogP contribution in [0.1, 0.15) is 51.4 Å². The summed E-state index contributed by atoms with van der Waals surface area (Å²) in [6.45, 7) is 1.09. The summed E-state index contributed by atoms with van der Waals surface area (Å²) in [5.74, 6) is 4.21. The molecule has 3 heteroatoms. The van der Waals surface area contributed by atoms with Gasteiger partial charge in [-0.2, -0.15) is 0 Å². The van der Waals surface area contributed by atoms with Gasteiger partial charge in [-0.3, -0.25) is 4.79 Å². The monoisotopic (exact) mass is 274 g/mol. The number of nitrogens with one attached hydrogen (secondary N) is 2. The molecule has 0 aromatic rings. The molecule has 20 heavy (non-hydrogen) atoms. The van der Waals surface area contributed by atoms with Gasteiger partial charge in [-0.25, -0.2) is 0 Å². The van der Waals surface area contributed by atoms with Crippen LogP contribution in [0.25, 0.3) is 0 Å². The first kappa shape index (κ1) is 12.0. The molecule has 4 saturated carbocycles. The molecule has 2 bridgehead atoms. The zero-order chi connectivity index (χ0) is 13.3. The molecule has 1 aliphatic heterocycles. The van der Waals surface area contributed by atoms with Crippen molar-refractivity contribution in [3.63, 3.8) is 0 Å². The Morgan fingerprint density at radius 1 is 1.10 bits per heavy atom. The van der Waals surface area contributed by atoms with Gasteiger partial charge in [0.2, 0.25) is 5.91 Å². The van der Waals surface area contributed by atoms with Gasteiger partial charge in [0.25, 0.3) is 0 Å². The number of carbonyl (C=O) groups is 1. The molecule has 1 heterocycles. The van der Waals surface area contributed by atoms with E-state index in [1.165, 1.54) is 44.9 Å². The van der Waals surface area contributed by atoms with Crippen LogP contribution in [0.3, 0.4) is 0 Å². The van der Waals surface area contributed by atoms with Gasteiger partial charge in [-0.1, -0.05) is 0 Å². The first-order valence-electron chi connectivity index (χ1n) is 8.81. The molecule has 5 atom stereocenters. The Labute approximate surface area is 121 Å². The van der Waals surface area contributed by atoms with Crippen molar-refractivity contribution in [2.45, 2.75) is 62.9 Å². The quantitative estimate of drug-likeness (QED) is 0.809. The minimum Gasteiger partial charge on any atom is -0.353 e. The predicted octanol–water partition coefficient (Wildman–Crippen LogP) is 2.07. The second-order valence-electron chi connectivity index (χ2n) is 8.27. The van der Waals surface area contributed by atoms with Crippen LogP contribution in [0, 0.1) is 29.6 Å². The highest BCUT2D eigenvalue weighted by atomic mass is 16.2. The fraction of sp³-hybridized carbons (Fsp3) is 0.941. The standard InChI is InChI=1S/C17H26N2O/c20-16(15-13-10-2-3-11(8-10)14(13)15)19-12-4-7-18-17(9-12)5-1-6-17/h10-15,18H,1-9H2,(H,19,20). The summed E-state index contributed by atoms with van der Waals surface area (Å²) in [6.07, 6.45) is 10.6. The maximum absolute atomic E-state index is 12.6. The molecule has 1 saturated heterocycles. The van der Waals surface area contributed by atoms with Gasteiger partial charge in [-0.05, 0) is 81.6 Å². The molecule has 5 aliphatic rings. The topological polar surface area (TPSA) is 41.1 Å². The predicted molar refractivity (Wildman–Crippen MR) is 77.1 cm³/mol. The second kappa shape index (κ2) is 4.00. The highest BCUT2D eigenvalue weighted by molar-refractivity contribution is 5.83. The molecule has 2 N–H and O–H groups in total. The molecule has 110 valence electrons. The number of rotatable bonds is 2. The minimum atomic E-state index is 0.397. The van der Waals surface area contributed by atoms with E-state index in [4.69, 9.17) is 0 Å². The third-order valence-electron chi connectivity index (χ3n) is 7.33. The summed E-state index contributed by atoms with van der Waals surface area (Å²) < 4.78 is 0. The van der Waals surface area contributed by atoms with Crippen molar-refractivity contribution >= 4 is 5.91 Å². The van der Waals surface area contributed by atoms with E-state index >= 15 is 0 Å². The Morgan fingerprint density at radius 3 is 2.50 bits per heavy atom. The molecule has 3 nitrogen and oxygen atoms in total. The van der Waals surface area contributed by atoms with Crippen LogP contribution in [-0.4, -0.2) is 24.0 Å². The molecule has 1 spiro atoms. The van der Waals surface area contributed by atoms with Crippen LogP contribution in [-0.2, 0) is 4.79 Å². The average molecular weight is 274 g/mol. The summed E-state index contributed by atoms with van der Waals surface area (Å²) in [7, 11) is 0. The SMILES string of the molecule is O=C(NC1CCNC2(CCC2)C1)C1C2C3CCC(C3)C12. The fourth-order valence-electron chi connectivity index (χ4n) is 6.24. The van der Waals surface area contributed by atoms with Crippen LogP contribution in [0.15, 0.2) is 0 Å². The van der Waals surface area contributed by atoms with Crippen LogP contribution >= 0.6 is 0 Å². The molecule has 0 radical (unpaired) electrons. The number of fused-ring (bicyclic) bond motifs is 5. The van der Waals surface area contributed by atoms with Crippen molar-refractivity contribution in [1.82, 2.24) is 10.6 Å². The molecule has 4 aliphatic carbocycles. The van der Waals surface area contributed by atoms with Crippen molar-refractivity contribution in [2.75, 3.05) is 6.54 Å². The van der Waals surface area contributed by atoms with Gasteiger partial charge in [0.1, 0.15) is 0 Å². The maximum Gasteiger partial charge on any atom is 0.223 e. The lowest BCUT2D eigenvalue weighted by atomic mass is 9.70. The van der Waals surface area contributed by atoms with Crippen molar-refractivity contribution in [3.05, 3.63) is 0 Å². The molecule has 1 amide bonds. The van der Waals surface area contributed by atoms with Gasteiger partial charge in [0, 0.05) is 17.5 Å². The zero-order valence-corrected chi connectivity index (χ0v) is 12.2. The number of hydrogen-bond acceptors (Lipinski definition) is 2. The number of carbonyl (C=O) groups excluding carboxylic acids is 1. The maximum atomic E-state index is 12.6. The van der Waals surface area contributed by atoms with Crippen molar-refractivity contribution in [1.29, 1.82) is 0 Å². The van der Waals surface area contributed by atoms with Gasteiger partial charge in [0.05, 0.1) is 0 Å². The van der Waals surface area contributed by atoms with Crippen molar-refractivity contribution in [2.24, 2.45) is 29.6 Å². The normalized spacial score (nSPS) is 50.6. The lowest BCUT2D eigenvalue weighted by Gasteiger charge is -2.48. The first-order chi connectivity index (χ1) is 9.76. The van der Waals surface area contributed by atoms with E-state index in [2.05, 4.69) is 10.6 Å². The third kappa shape index (κ3) is 1.59. The van der Waals surface area contributed by atoms with E-state index in [-0.39, 0.29) is 0 Å². The van der Waals surface area contributed by atoms with E-state index < -0.39 is 0 Å². The number of piperidine rings is 1.